The van der Waals surface area contributed by atoms with Gasteiger partial charge in [0.2, 0.25) is 11.7 Å². The third-order valence-electron chi connectivity index (χ3n) is 4.87. The Morgan fingerprint density at radius 2 is 2.00 bits per heavy atom. The Labute approximate surface area is 163 Å². The minimum atomic E-state index is -3.19. The number of sulfone groups is 1. The van der Waals surface area contributed by atoms with Crippen molar-refractivity contribution in [1.82, 2.24) is 5.01 Å². The van der Waals surface area contributed by atoms with E-state index < -0.39 is 28.5 Å². The lowest BCUT2D eigenvalue weighted by molar-refractivity contribution is -0.136. The Bertz CT molecular complexity index is 967. The standard InChI is InChI=1S/C19H22N2O6S/c1-12-3-4-15(13(2)9-12)17(22)10-27-19(24)16-5-6-18(23)21(20-16)14-7-8-28(25,26)11-14/h3-4,9,14H,5-8,10-11H2,1-2H3/t14-/m1/s1. The molecule has 1 aromatic carbocycles. The smallest absolute Gasteiger partial charge is 0.354 e. The van der Waals surface area contributed by atoms with E-state index in [9.17, 15) is 22.8 Å². The quantitative estimate of drug-likeness (QED) is 0.537. The third kappa shape index (κ3) is 4.46. The molecule has 1 aromatic rings. The predicted octanol–water partition coefficient (Wildman–Crippen LogP) is 1.19. The highest BCUT2D eigenvalue weighted by Crippen LogP contribution is 2.22. The minimum absolute atomic E-state index is 0.00114. The van der Waals surface area contributed by atoms with E-state index >= 15 is 0 Å². The molecule has 1 saturated heterocycles. The first kappa shape index (κ1) is 20.2. The highest BCUT2D eigenvalue weighted by atomic mass is 32.2. The van der Waals surface area contributed by atoms with Crippen LogP contribution in [0.2, 0.25) is 0 Å². The van der Waals surface area contributed by atoms with Crippen LogP contribution in [0.5, 0.6) is 0 Å². The van der Waals surface area contributed by atoms with Crippen LogP contribution in [0.15, 0.2) is 23.3 Å². The van der Waals surface area contributed by atoms with Gasteiger partial charge in [0, 0.05) is 18.4 Å². The lowest BCUT2D eigenvalue weighted by Crippen LogP contribution is -2.42. The molecule has 1 amide bonds. The lowest BCUT2D eigenvalue weighted by Gasteiger charge is -2.27. The van der Waals surface area contributed by atoms with Crippen molar-refractivity contribution in [2.24, 2.45) is 5.10 Å². The number of nitrogens with zero attached hydrogens (tertiary/aromatic N) is 2. The van der Waals surface area contributed by atoms with Gasteiger partial charge in [-0.3, -0.25) is 9.59 Å². The van der Waals surface area contributed by atoms with Crippen molar-refractivity contribution in [3.63, 3.8) is 0 Å². The summed E-state index contributed by atoms with van der Waals surface area (Å²) < 4.78 is 28.4. The van der Waals surface area contributed by atoms with Crippen molar-refractivity contribution in [3.05, 3.63) is 34.9 Å². The topological polar surface area (TPSA) is 110 Å². The zero-order valence-electron chi connectivity index (χ0n) is 15.8. The number of carbonyl (C=O) groups is 3. The molecule has 150 valence electrons. The van der Waals surface area contributed by atoms with Crippen molar-refractivity contribution in [3.8, 4) is 0 Å². The highest BCUT2D eigenvalue weighted by Gasteiger charge is 2.37. The van der Waals surface area contributed by atoms with Gasteiger partial charge in [0.15, 0.2) is 16.4 Å². The molecule has 0 radical (unpaired) electrons. The fraction of sp³-hybridized carbons (Fsp3) is 0.474. The highest BCUT2D eigenvalue weighted by molar-refractivity contribution is 7.91. The van der Waals surface area contributed by atoms with Gasteiger partial charge in [-0.25, -0.2) is 18.2 Å². The van der Waals surface area contributed by atoms with Gasteiger partial charge in [-0.2, -0.15) is 5.10 Å². The van der Waals surface area contributed by atoms with Crippen LogP contribution in [0.4, 0.5) is 0 Å². The summed E-state index contributed by atoms with van der Waals surface area (Å²) in [4.78, 5) is 36.7. The summed E-state index contributed by atoms with van der Waals surface area (Å²) in [7, 11) is -3.19. The van der Waals surface area contributed by atoms with Gasteiger partial charge in [0.1, 0.15) is 5.71 Å². The molecule has 28 heavy (non-hydrogen) atoms. The maximum absolute atomic E-state index is 12.3. The molecule has 9 heteroatoms. The van der Waals surface area contributed by atoms with Crippen LogP contribution in [0, 0.1) is 13.8 Å². The molecule has 1 fully saturated rings. The van der Waals surface area contributed by atoms with Crippen LogP contribution in [0.1, 0.15) is 40.7 Å². The van der Waals surface area contributed by atoms with Gasteiger partial charge < -0.3 is 4.74 Å². The summed E-state index contributed by atoms with van der Waals surface area (Å²) >= 11 is 0. The van der Waals surface area contributed by atoms with Crippen molar-refractivity contribution in [2.45, 2.75) is 39.2 Å². The van der Waals surface area contributed by atoms with Crippen molar-refractivity contribution >= 4 is 33.2 Å². The number of carbonyl (C=O) groups excluding carboxylic acids is 3. The fourth-order valence-corrected chi connectivity index (χ4v) is 5.08. The maximum atomic E-state index is 12.3. The number of aryl methyl sites for hydroxylation is 2. The number of hydrazone groups is 1. The van der Waals surface area contributed by atoms with E-state index in [-0.39, 0.29) is 41.7 Å². The van der Waals surface area contributed by atoms with Gasteiger partial charge in [-0.1, -0.05) is 23.8 Å². The molecule has 8 nitrogen and oxygen atoms in total. The summed E-state index contributed by atoms with van der Waals surface area (Å²) in [6.07, 6.45) is 0.450. The number of Topliss-reactive ketones (excluding diaryl/α,β-unsaturated/α-hetero) is 1. The first-order valence-corrected chi connectivity index (χ1v) is 10.9. The van der Waals surface area contributed by atoms with Gasteiger partial charge in [0.05, 0.1) is 17.5 Å². The molecule has 1 atom stereocenters. The van der Waals surface area contributed by atoms with Crippen LogP contribution in [-0.2, 0) is 24.2 Å². The molecule has 0 bridgehead atoms. The van der Waals surface area contributed by atoms with Gasteiger partial charge in [0.25, 0.3) is 0 Å². The molecule has 0 saturated carbocycles. The molecule has 2 aliphatic rings. The third-order valence-corrected chi connectivity index (χ3v) is 6.62. The van der Waals surface area contributed by atoms with E-state index in [4.69, 9.17) is 4.74 Å². The average molecular weight is 406 g/mol. The number of hydrogen-bond donors (Lipinski definition) is 0. The Hall–Kier alpha value is -2.55. The van der Waals surface area contributed by atoms with Crippen LogP contribution in [0.25, 0.3) is 0 Å². The van der Waals surface area contributed by atoms with E-state index in [0.717, 1.165) is 16.1 Å². The molecule has 0 aromatic heterocycles. The van der Waals surface area contributed by atoms with Gasteiger partial charge >= 0.3 is 5.97 Å². The summed E-state index contributed by atoms with van der Waals surface area (Å²) in [6.45, 7) is 3.31. The second kappa shape index (κ2) is 7.83. The van der Waals surface area contributed by atoms with E-state index in [2.05, 4.69) is 5.10 Å². The Morgan fingerprint density at radius 3 is 2.64 bits per heavy atom. The number of hydrogen-bond acceptors (Lipinski definition) is 7. The van der Waals surface area contributed by atoms with E-state index in [0.29, 0.717) is 12.0 Å². The average Bonchev–Trinajstić information content (AvgIpc) is 2.99. The minimum Gasteiger partial charge on any atom is -0.453 e. The molecule has 0 spiro atoms. The van der Waals surface area contributed by atoms with E-state index in [1.165, 1.54) is 0 Å². The Morgan fingerprint density at radius 1 is 1.25 bits per heavy atom. The molecule has 2 aliphatic heterocycles. The van der Waals surface area contributed by atoms with Crippen molar-refractivity contribution < 1.29 is 27.5 Å². The first-order chi connectivity index (χ1) is 13.2. The molecule has 3 rings (SSSR count). The fourth-order valence-electron chi connectivity index (χ4n) is 3.39. The molecule has 0 N–H and O–H groups in total. The van der Waals surface area contributed by atoms with Crippen LogP contribution < -0.4 is 0 Å². The zero-order valence-corrected chi connectivity index (χ0v) is 16.6. The number of benzene rings is 1. The van der Waals surface area contributed by atoms with Crippen LogP contribution in [0.3, 0.4) is 0 Å². The SMILES string of the molecule is Cc1ccc(C(=O)COC(=O)C2=NN([C@@H]3CCS(=O)(=O)C3)C(=O)CC2)c(C)c1. The number of rotatable bonds is 5. The molecular formula is C19H22N2O6S. The van der Waals surface area contributed by atoms with Crippen LogP contribution >= 0.6 is 0 Å². The second-order valence-corrected chi connectivity index (χ2v) is 9.39. The first-order valence-electron chi connectivity index (χ1n) is 9.04. The van der Waals surface area contributed by atoms with Crippen molar-refractivity contribution in [2.75, 3.05) is 18.1 Å². The van der Waals surface area contributed by atoms with Crippen LogP contribution in [-0.4, -0.2) is 61.0 Å². The van der Waals surface area contributed by atoms with Gasteiger partial charge in [-0.05, 0) is 25.8 Å². The van der Waals surface area contributed by atoms with E-state index in [1.54, 1.807) is 6.07 Å². The van der Waals surface area contributed by atoms with Gasteiger partial charge in [-0.15, -0.1) is 0 Å². The second-order valence-electron chi connectivity index (χ2n) is 7.16. The predicted molar refractivity (Wildman–Crippen MR) is 102 cm³/mol. The number of esters is 1. The Balaban J connectivity index is 1.65. The molecule has 2 heterocycles. The summed E-state index contributed by atoms with van der Waals surface area (Å²) in [5.74, 6) is -1.56. The zero-order chi connectivity index (χ0) is 20.5. The lowest BCUT2D eigenvalue weighted by atomic mass is 10.0. The van der Waals surface area contributed by atoms with Crippen molar-refractivity contribution in [1.29, 1.82) is 0 Å². The number of ketones is 1. The summed E-state index contributed by atoms with van der Waals surface area (Å²) in [5, 5.41) is 5.13. The molecule has 0 aliphatic carbocycles. The number of ether oxygens (including phenoxy) is 1. The monoisotopic (exact) mass is 406 g/mol. The molecular weight excluding hydrogens is 384 g/mol. The number of amides is 1. The molecule has 0 unspecified atom stereocenters. The summed E-state index contributed by atoms with van der Waals surface area (Å²) in [6, 6.07) is 4.82. The maximum Gasteiger partial charge on any atom is 0.354 e. The largest absolute Gasteiger partial charge is 0.453 e. The van der Waals surface area contributed by atoms with E-state index in [1.807, 2.05) is 26.0 Å². The Kier molecular flexibility index (Phi) is 5.64. The normalized spacial score (nSPS) is 21.4. The summed E-state index contributed by atoms with van der Waals surface area (Å²) in [5.41, 5.74) is 2.34.